The van der Waals surface area contributed by atoms with E-state index in [1.54, 1.807) is 0 Å². The molecule has 0 saturated heterocycles. The lowest BCUT2D eigenvalue weighted by Gasteiger charge is -2.38. The summed E-state index contributed by atoms with van der Waals surface area (Å²) in [5.41, 5.74) is -17.1. The van der Waals surface area contributed by atoms with Crippen LogP contribution in [-0.2, 0) is 5.60 Å². The smallest absolute Gasteiger partial charge is 0.430 e. The van der Waals surface area contributed by atoms with Crippen LogP contribution in [0.3, 0.4) is 0 Å². The molecule has 0 aromatic heterocycles. The number of benzene rings is 1. The zero-order chi connectivity index (χ0) is 25.9. The minimum atomic E-state index is -6.78. The summed E-state index contributed by atoms with van der Waals surface area (Å²) in [7, 11) is 0. The van der Waals surface area contributed by atoms with Crippen LogP contribution in [0, 0.1) is 5.92 Å². The highest BCUT2D eigenvalue weighted by atomic mass is 19.4. The van der Waals surface area contributed by atoms with Crippen LogP contribution in [0.15, 0.2) is 12.1 Å². The van der Waals surface area contributed by atoms with Crippen LogP contribution in [0.2, 0.25) is 0 Å². The number of alkyl halides is 12. The summed E-state index contributed by atoms with van der Waals surface area (Å²) in [4.78, 5) is 12.3. The van der Waals surface area contributed by atoms with Gasteiger partial charge < -0.3 is 20.4 Å². The lowest BCUT2D eigenvalue weighted by Crippen LogP contribution is -2.63. The van der Waals surface area contributed by atoms with E-state index in [1.165, 1.54) is 0 Å². The van der Waals surface area contributed by atoms with Gasteiger partial charge in [-0.2, -0.15) is 52.7 Å². The molecule has 5 nitrogen and oxygen atoms in total. The molecular formula is C15H10F12O5. The number of phenolic OH excluding ortho intramolecular Hbond substituents is 2. The van der Waals surface area contributed by atoms with E-state index in [1.807, 2.05) is 0 Å². The van der Waals surface area contributed by atoms with Gasteiger partial charge in [-0.05, 0) is 12.1 Å². The van der Waals surface area contributed by atoms with Gasteiger partial charge in [0.25, 0.3) is 11.2 Å². The number of Topliss-reactive ketones (excluding diaryl/α,β-unsaturated/α-hetero) is 1. The number of carbonyl (C=O) groups excluding carboxylic acids is 1. The molecule has 0 heterocycles. The summed E-state index contributed by atoms with van der Waals surface area (Å²) in [6, 6.07) is -1.23. The minimum absolute atomic E-state index is 0.308. The molecule has 0 aliphatic carbocycles. The van der Waals surface area contributed by atoms with Crippen LogP contribution in [0.25, 0.3) is 0 Å². The van der Waals surface area contributed by atoms with E-state index in [4.69, 9.17) is 0 Å². The van der Waals surface area contributed by atoms with Crippen LogP contribution >= 0.6 is 0 Å². The van der Waals surface area contributed by atoms with Crippen molar-refractivity contribution in [3.63, 3.8) is 0 Å². The van der Waals surface area contributed by atoms with Crippen LogP contribution in [0.4, 0.5) is 52.7 Å². The Kier molecular flexibility index (Phi) is 6.53. The molecule has 1 aromatic rings. The quantitative estimate of drug-likeness (QED) is 0.285. The molecule has 1 atom stereocenters. The summed E-state index contributed by atoms with van der Waals surface area (Å²) < 4.78 is 157. The Bertz CT molecular complexity index is 853. The van der Waals surface area contributed by atoms with Crippen LogP contribution in [0.5, 0.6) is 11.5 Å². The van der Waals surface area contributed by atoms with Gasteiger partial charge in [-0.3, -0.25) is 4.79 Å². The van der Waals surface area contributed by atoms with E-state index < -0.39 is 82.4 Å². The highest BCUT2D eigenvalue weighted by Gasteiger charge is 2.75. The number of phenols is 2. The maximum absolute atomic E-state index is 13.1. The molecule has 0 spiro atoms. The monoisotopic (exact) mass is 498 g/mol. The van der Waals surface area contributed by atoms with Gasteiger partial charge in [-0.15, -0.1) is 0 Å². The van der Waals surface area contributed by atoms with Gasteiger partial charge in [0.15, 0.2) is 17.3 Å². The highest BCUT2D eigenvalue weighted by molar-refractivity contribution is 6.01. The third-order valence-electron chi connectivity index (χ3n) is 4.47. The fraction of sp³-hybridized carbons (Fsp3) is 0.533. The van der Waals surface area contributed by atoms with Crippen LogP contribution in [0.1, 0.15) is 22.8 Å². The number of ketones is 1. The highest BCUT2D eigenvalue weighted by Crippen LogP contribution is 2.54. The Balaban J connectivity index is 4.00. The first-order valence-electron chi connectivity index (χ1n) is 7.68. The number of rotatable bonds is 4. The molecular weight excluding hydrogens is 488 g/mol. The topological polar surface area (TPSA) is 98.0 Å². The van der Waals surface area contributed by atoms with Crippen molar-refractivity contribution in [1.82, 2.24) is 0 Å². The third kappa shape index (κ3) is 4.02. The van der Waals surface area contributed by atoms with Crippen molar-refractivity contribution in [3.05, 3.63) is 23.3 Å². The normalized spacial score (nSPS) is 15.6. The summed E-state index contributed by atoms with van der Waals surface area (Å²) in [6.45, 7) is -0.308. The van der Waals surface area contributed by atoms with E-state index in [0.717, 1.165) is 0 Å². The van der Waals surface area contributed by atoms with Crippen molar-refractivity contribution >= 4 is 5.78 Å². The summed E-state index contributed by atoms with van der Waals surface area (Å²) in [5, 5.41) is 37.2. The van der Waals surface area contributed by atoms with Gasteiger partial charge in [0.2, 0.25) is 0 Å². The molecule has 17 heteroatoms. The zero-order valence-electron chi connectivity index (χ0n) is 15.0. The molecule has 32 heavy (non-hydrogen) atoms. The van der Waals surface area contributed by atoms with E-state index in [9.17, 15) is 77.9 Å². The molecule has 0 fully saturated rings. The SMILES string of the molecule is CC(C(=O)c1cc(O)c(O)cc1C(O)(C(F)(F)F)C(F)(F)F)C(O)(C(F)(F)F)C(F)(F)F. The second-order valence-electron chi connectivity index (χ2n) is 6.44. The van der Waals surface area contributed by atoms with Gasteiger partial charge in [0, 0.05) is 11.1 Å². The molecule has 0 bridgehead atoms. The average Bonchev–Trinajstić information content (AvgIpc) is 2.56. The maximum Gasteiger partial charge on any atom is 0.430 e. The van der Waals surface area contributed by atoms with Crippen molar-refractivity contribution in [2.75, 3.05) is 0 Å². The second kappa shape index (κ2) is 7.57. The number of halogens is 12. The fourth-order valence-corrected chi connectivity index (χ4v) is 2.62. The Morgan fingerprint density at radius 2 is 1.06 bits per heavy atom. The number of aliphatic hydroxyl groups is 2. The van der Waals surface area contributed by atoms with E-state index in [0.29, 0.717) is 0 Å². The van der Waals surface area contributed by atoms with E-state index >= 15 is 0 Å². The number of carbonyl (C=O) groups is 1. The molecule has 0 aliphatic rings. The van der Waals surface area contributed by atoms with E-state index in [-0.39, 0.29) is 6.92 Å². The molecule has 0 radical (unpaired) electrons. The first kappa shape index (κ1) is 27.6. The third-order valence-corrected chi connectivity index (χ3v) is 4.47. The molecule has 184 valence electrons. The molecule has 0 saturated carbocycles. The summed E-state index contributed by atoms with van der Waals surface area (Å²) in [6.07, 6.45) is -27.0. The summed E-state index contributed by atoms with van der Waals surface area (Å²) in [5.74, 6) is -10.3. The maximum atomic E-state index is 13.1. The minimum Gasteiger partial charge on any atom is -0.504 e. The van der Waals surface area contributed by atoms with Crippen LogP contribution in [-0.4, -0.2) is 56.5 Å². The molecule has 4 N–H and O–H groups in total. The van der Waals surface area contributed by atoms with Crippen molar-refractivity contribution in [3.8, 4) is 11.5 Å². The molecule has 0 aliphatic heterocycles. The molecule has 1 rings (SSSR count). The lowest BCUT2D eigenvalue weighted by molar-refractivity contribution is -0.378. The predicted molar refractivity (Wildman–Crippen MR) is 76.3 cm³/mol. The first-order chi connectivity index (χ1) is 13.9. The van der Waals surface area contributed by atoms with Gasteiger partial charge in [-0.25, -0.2) is 0 Å². The number of hydrogen-bond acceptors (Lipinski definition) is 5. The summed E-state index contributed by atoms with van der Waals surface area (Å²) >= 11 is 0. The van der Waals surface area contributed by atoms with Gasteiger partial charge >= 0.3 is 24.7 Å². The average molecular weight is 498 g/mol. The van der Waals surface area contributed by atoms with Gasteiger partial charge in [0.05, 0.1) is 5.92 Å². The number of aromatic hydroxyl groups is 2. The second-order valence-corrected chi connectivity index (χ2v) is 6.44. The van der Waals surface area contributed by atoms with E-state index in [2.05, 4.69) is 0 Å². The number of hydrogen-bond donors (Lipinski definition) is 4. The Morgan fingerprint density at radius 1 is 0.719 bits per heavy atom. The first-order valence-corrected chi connectivity index (χ1v) is 7.68. The molecule has 1 unspecified atom stereocenters. The van der Waals surface area contributed by atoms with Crippen molar-refractivity contribution in [2.45, 2.75) is 42.8 Å². The fourth-order valence-electron chi connectivity index (χ4n) is 2.62. The molecule has 0 amide bonds. The largest absolute Gasteiger partial charge is 0.504 e. The standard InChI is InChI=1S/C15H10F12O5/c1-4(10(31,12(16,17)18)13(19,20)21)9(30)5-2-7(28)8(29)3-6(5)11(32,14(22,23)24)15(25,26)27/h2-4,28-29,31-32H,1H3. The lowest BCUT2D eigenvalue weighted by atomic mass is 9.78. The van der Waals surface area contributed by atoms with Crippen molar-refractivity contribution in [1.29, 1.82) is 0 Å². The predicted octanol–water partition coefficient (Wildman–Crippen LogP) is 4.08. The Hall–Kier alpha value is -2.43. The van der Waals surface area contributed by atoms with Gasteiger partial charge in [-0.1, -0.05) is 6.92 Å². The Labute approximate surface area is 168 Å². The van der Waals surface area contributed by atoms with Crippen molar-refractivity contribution < 1.29 is 77.9 Å². The molecule has 1 aromatic carbocycles. The van der Waals surface area contributed by atoms with Crippen molar-refractivity contribution in [2.24, 2.45) is 5.92 Å². The Morgan fingerprint density at radius 3 is 1.38 bits per heavy atom. The zero-order valence-corrected chi connectivity index (χ0v) is 15.0. The van der Waals surface area contributed by atoms with Crippen LogP contribution < -0.4 is 0 Å². The van der Waals surface area contributed by atoms with Gasteiger partial charge in [0.1, 0.15) is 0 Å².